The third-order valence-electron chi connectivity index (χ3n) is 4.13. The molecule has 1 aliphatic heterocycles. The molecule has 3 nitrogen and oxygen atoms in total. The van der Waals surface area contributed by atoms with Crippen LogP contribution in [0.5, 0.6) is 0 Å². The fourth-order valence-corrected chi connectivity index (χ4v) is 2.84. The Morgan fingerprint density at radius 2 is 2.00 bits per heavy atom. The van der Waals surface area contributed by atoms with Gasteiger partial charge in [0.25, 0.3) is 0 Å². The second-order valence-corrected chi connectivity index (χ2v) is 5.89. The Morgan fingerprint density at radius 3 is 2.56 bits per heavy atom. The molecule has 0 amide bonds. The molecule has 1 unspecified atom stereocenters. The summed E-state index contributed by atoms with van der Waals surface area (Å²) >= 11 is 0. The van der Waals surface area contributed by atoms with Gasteiger partial charge in [-0.1, -0.05) is 24.3 Å². The Balaban J connectivity index is 1.93. The van der Waals surface area contributed by atoms with E-state index in [2.05, 4.69) is 24.3 Å². The quantitative estimate of drug-likeness (QED) is 0.892. The average molecular weight is 247 g/mol. The van der Waals surface area contributed by atoms with E-state index in [1.165, 1.54) is 24.0 Å². The first-order chi connectivity index (χ1) is 8.56. The number of hydrogen-bond acceptors (Lipinski definition) is 3. The van der Waals surface area contributed by atoms with Gasteiger partial charge in [-0.05, 0) is 37.8 Å². The minimum Gasteiger partial charge on any atom is -0.347 e. The summed E-state index contributed by atoms with van der Waals surface area (Å²) in [6.07, 6.45) is 2.43. The molecule has 1 aromatic rings. The maximum Gasteiger partial charge on any atom is 0.163 e. The first kappa shape index (κ1) is 12.2. The van der Waals surface area contributed by atoms with E-state index in [4.69, 9.17) is 15.2 Å². The molecule has 1 atom stereocenters. The molecule has 1 aliphatic carbocycles. The van der Waals surface area contributed by atoms with E-state index < -0.39 is 5.79 Å². The smallest absolute Gasteiger partial charge is 0.163 e. The lowest BCUT2D eigenvalue weighted by molar-refractivity contribution is -0.139. The Labute approximate surface area is 108 Å². The summed E-state index contributed by atoms with van der Waals surface area (Å²) in [5, 5.41) is 0. The van der Waals surface area contributed by atoms with Crippen LogP contribution in [-0.2, 0) is 14.9 Å². The molecule has 18 heavy (non-hydrogen) atoms. The highest BCUT2D eigenvalue weighted by atomic mass is 16.7. The van der Waals surface area contributed by atoms with Crippen molar-refractivity contribution in [3.05, 3.63) is 35.4 Å². The number of hydrogen-bond donors (Lipinski definition) is 1. The Bertz CT molecular complexity index is 452. The summed E-state index contributed by atoms with van der Waals surface area (Å²) in [7, 11) is 0. The van der Waals surface area contributed by atoms with Crippen molar-refractivity contribution < 1.29 is 9.47 Å². The zero-order valence-corrected chi connectivity index (χ0v) is 11.1. The van der Waals surface area contributed by atoms with Crippen LogP contribution in [0, 0.1) is 0 Å². The van der Waals surface area contributed by atoms with Crippen molar-refractivity contribution in [2.45, 2.75) is 44.0 Å². The van der Waals surface area contributed by atoms with Crippen LogP contribution in [0.25, 0.3) is 0 Å². The van der Waals surface area contributed by atoms with Crippen molar-refractivity contribution in [2.75, 3.05) is 13.2 Å². The fourth-order valence-electron chi connectivity index (χ4n) is 2.84. The molecule has 0 radical (unpaired) electrons. The fraction of sp³-hybridized carbons (Fsp3) is 0.600. The molecule has 1 aromatic carbocycles. The van der Waals surface area contributed by atoms with Crippen LogP contribution in [0.2, 0.25) is 0 Å². The van der Waals surface area contributed by atoms with Crippen molar-refractivity contribution in [3.8, 4) is 0 Å². The lowest BCUT2D eigenvalue weighted by Crippen LogP contribution is -2.23. The highest BCUT2D eigenvalue weighted by molar-refractivity contribution is 5.40. The first-order valence-electron chi connectivity index (χ1n) is 6.68. The molecule has 2 fully saturated rings. The minimum atomic E-state index is -0.475. The average Bonchev–Trinajstić information content (AvgIpc) is 3.08. The van der Waals surface area contributed by atoms with Crippen molar-refractivity contribution in [3.63, 3.8) is 0 Å². The third-order valence-corrected chi connectivity index (χ3v) is 4.13. The summed E-state index contributed by atoms with van der Waals surface area (Å²) in [5.41, 5.74) is 8.77. The summed E-state index contributed by atoms with van der Waals surface area (Å²) in [5.74, 6) is -0.475. The van der Waals surface area contributed by atoms with Crippen molar-refractivity contribution >= 4 is 0 Å². The number of ether oxygens (including phenoxy) is 2. The summed E-state index contributed by atoms with van der Waals surface area (Å²) in [4.78, 5) is 0. The van der Waals surface area contributed by atoms with Gasteiger partial charge < -0.3 is 15.2 Å². The van der Waals surface area contributed by atoms with Crippen LogP contribution in [0.3, 0.4) is 0 Å². The van der Waals surface area contributed by atoms with Gasteiger partial charge in [0.1, 0.15) is 6.10 Å². The topological polar surface area (TPSA) is 44.5 Å². The lowest BCUT2D eigenvalue weighted by Gasteiger charge is -2.22. The molecular formula is C15H21NO2. The maximum atomic E-state index is 5.98. The van der Waals surface area contributed by atoms with Crippen LogP contribution in [-0.4, -0.2) is 18.9 Å². The number of nitrogens with two attached hydrogens (primary N) is 1. The zero-order chi connectivity index (χ0) is 12.8. The van der Waals surface area contributed by atoms with E-state index in [-0.39, 0.29) is 11.5 Å². The van der Waals surface area contributed by atoms with Gasteiger partial charge in [0.15, 0.2) is 5.79 Å². The predicted molar refractivity (Wildman–Crippen MR) is 70.3 cm³/mol. The van der Waals surface area contributed by atoms with Crippen LogP contribution >= 0.6 is 0 Å². The van der Waals surface area contributed by atoms with Crippen LogP contribution in [0.4, 0.5) is 0 Å². The second kappa shape index (κ2) is 4.05. The third kappa shape index (κ3) is 1.96. The SMILES string of the molecule is CC1(C)OCC(c2ccccc2C2(CN)CC2)O1. The standard InChI is InChI=1S/C15H21NO2/c1-14(2)17-9-13(18-14)11-5-3-4-6-12(11)15(10-16)7-8-15/h3-6,13H,7-10,16H2,1-2H3. The van der Waals surface area contributed by atoms with Crippen LogP contribution in [0.1, 0.15) is 43.9 Å². The molecule has 3 heteroatoms. The van der Waals surface area contributed by atoms with E-state index in [0.717, 1.165) is 6.54 Å². The largest absolute Gasteiger partial charge is 0.347 e. The second-order valence-electron chi connectivity index (χ2n) is 5.89. The van der Waals surface area contributed by atoms with Gasteiger partial charge in [-0.3, -0.25) is 0 Å². The molecule has 98 valence electrons. The van der Waals surface area contributed by atoms with E-state index in [1.54, 1.807) is 0 Å². The molecule has 2 aliphatic rings. The first-order valence-corrected chi connectivity index (χ1v) is 6.68. The number of rotatable bonds is 3. The Morgan fingerprint density at radius 1 is 1.28 bits per heavy atom. The molecule has 0 aromatic heterocycles. The summed E-state index contributed by atoms with van der Waals surface area (Å²) in [6, 6.07) is 8.51. The molecule has 2 N–H and O–H groups in total. The van der Waals surface area contributed by atoms with Gasteiger partial charge in [0.2, 0.25) is 0 Å². The van der Waals surface area contributed by atoms with E-state index in [1.807, 2.05) is 13.8 Å². The molecule has 1 saturated heterocycles. The monoisotopic (exact) mass is 247 g/mol. The van der Waals surface area contributed by atoms with E-state index >= 15 is 0 Å². The van der Waals surface area contributed by atoms with Gasteiger partial charge in [-0.25, -0.2) is 0 Å². The predicted octanol–water partition coefficient (Wildman–Crippen LogP) is 2.50. The van der Waals surface area contributed by atoms with Gasteiger partial charge >= 0.3 is 0 Å². The number of benzene rings is 1. The maximum absolute atomic E-state index is 5.98. The van der Waals surface area contributed by atoms with Crippen molar-refractivity contribution in [1.29, 1.82) is 0 Å². The van der Waals surface area contributed by atoms with Crippen LogP contribution in [0.15, 0.2) is 24.3 Å². The highest BCUT2D eigenvalue weighted by Gasteiger charge is 2.46. The lowest BCUT2D eigenvalue weighted by atomic mass is 9.89. The summed E-state index contributed by atoms with van der Waals surface area (Å²) < 4.78 is 11.7. The Hall–Kier alpha value is -0.900. The van der Waals surface area contributed by atoms with Gasteiger partial charge in [0.05, 0.1) is 6.61 Å². The van der Waals surface area contributed by atoms with E-state index in [0.29, 0.717) is 6.61 Å². The highest BCUT2D eigenvalue weighted by Crippen LogP contribution is 2.50. The van der Waals surface area contributed by atoms with Gasteiger partial charge in [-0.15, -0.1) is 0 Å². The minimum absolute atomic E-state index is 0.0419. The normalized spacial score (nSPS) is 28.3. The molecular weight excluding hydrogens is 226 g/mol. The van der Waals surface area contributed by atoms with Crippen molar-refractivity contribution in [2.24, 2.45) is 5.73 Å². The zero-order valence-electron chi connectivity index (χ0n) is 11.1. The van der Waals surface area contributed by atoms with Gasteiger partial charge in [0, 0.05) is 12.0 Å². The molecule has 1 saturated carbocycles. The van der Waals surface area contributed by atoms with Crippen LogP contribution < -0.4 is 5.73 Å². The molecule has 0 bridgehead atoms. The molecule has 3 rings (SSSR count). The Kier molecular flexibility index (Phi) is 2.73. The van der Waals surface area contributed by atoms with Crippen molar-refractivity contribution in [1.82, 2.24) is 0 Å². The molecule has 0 spiro atoms. The van der Waals surface area contributed by atoms with E-state index in [9.17, 15) is 0 Å². The van der Waals surface area contributed by atoms with Gasteiger partial charge in [-0.2, -0.15) is 0 Å². The molecule has 1 heterocycles. The summed E-state index contributed by atoms with van der Waals surface area (Å²) in [6.45, 7) is 5.28.